The number of fused-ring (bicyclic) bond motifs is 1. The first kappa shape index (κ1) is 18.4. The minimum Gasteiger partial charge on any atom is -0.507 e. The van der Waals surface area contributed by atoms with E-state index in [9.17, 15) is 14.7 Å². The summed E-state index contributed by atoms with van der Waals surface area (Å²) in [5, 5.41) is 19.6. The molecule has 0 spiro atoms. The van der Waals surface area contributed by atoms with Gasteiger partial charge in [-0.3, -0.25) is 14.3 Å². The lowest BCUT2D eigenvalue weighted by atomic mass is 10.1. The summed E-state index contributed by atoms with van der Waals surface area (Å²) in [6.07, 6.45) is 3.31. The van der Waals surface area contributed by atoms with Crippen LogP contribution in [-0.2, 0) is 4.79 Å². The van der Waals surface area contributed by atoms with E-state index in [2.05, 4.69) is 15.7 Å². The van der Waals surface area contributed by atoms with E-state index >= 15 is 0 Å². The molecule has 1 aliphatic rings. The first-order valence-electron chi connectivity index (χ1n) is 8.85. The van der Waals surface area contributed by atoms with Crippen LogP contribution in [0.1, 0.15) is 23.3 Å². The smallest absolute Gasteiger partial charge is 0.259 e. The van der Waals surface area contributed by atoms with Crippen LogP contribution in [0.5, 0.6) is 17.2 Å². The fourth-order valence-electron chi connectivity index (χ4n) is 2.86. The molecule has 0 bridgehead atoms. The molecule has 148 valence electrons. The maximum Gasteiger partial charge on any atom is 0.259 e. The van der Waals surface area contributed by atoms with Crippen LogP contribution >= 0.6 is 0 Å². The Bertz CT molecular complexity index is 1060. The lowest BCUT2D eigenvalue weighted by Gasteiger charge is -2.14. The maximum atomic E-state index is 12.6. The normalized spacial score (nSPS) is 13.0. The molecule has 1 aliphatic heterocycles. The molecule has 9 nitrogen and oxygen atoms in total. The highest BCUT2D eigenvalue weighted by Gasteiger charge is 2.21. The summed E-state index contributed by atoms with van der Waals surface area (Å²) in [5.74, 6) is -0.208. The summed E-state index contributed by atoms with van der Waals surface area (Å²) in [7, 11) is 0. The van der Waals surface area contributed by atoms with Crippen LogP contribution in [0.15, 0.2) is 54.9 Å². The molecule has 2 aromatic carbocycles. The lowest BCUT2D eigenvalue weighted by molar-refractivity contribution is -0.119. The number of hydrogen-bond acceptors (Lipinski definition) is 6. The SMILES string of the molecule is CC(C(=O)Nc1cccc(NC(=O)c2cc3c(cc2O)OCO3)c1)n1cccn1. The van der Waals surface area contributed by atoms with Crippen molar-refractivity contribution in [1.29, 1.82) is 0 Å². The van der Waals surface area contributed by atoms with Crippen molar-refractivity contribution in [2.75, 3.05) is 17.4 Å². The van der Waals surface area contributed by atoms with Gasteiger partial charge >= 0.3 is 0 Å². The molecule has 2 amide bonds. The van der Waals surface area contributed by atoms with Crippen molar-refractivity contribution in [2.45, 2.75) is 13.0 Å². The molecule has 3 aromatic rings. The first-order valence-corrected chi connectivity index (χ1v) is 8.85. The van der Waals surface area contributed by atoms with Crippen LogP contribution in [0, 0.1) is 0 Å². The van der Waals surface area contributed by atoms with Gasteiger partial charge in [0.1, 0.15) is 11.8 Å². The van der Waals surface area contributed by atoms with Crippen LogP contribution in [0.25, 0.3) is 0 Å². The number of carbonyl (C=O) groups excluding carboxylic acids is 2. The molecule has 0 radical (unpaired) electrons. The predicted molar refractivity (Wildman–Crippen MR) is 104 cm³/mol. The van der Waals surface area contributed by atoms with Crippen LogP contribution < -0.4 is 20.1 Å². The van der Waals surface area contributed by atoms with E-state index in [4.69, 9.17) is 9.47 Å². The summed E-state index contributed by atoms with van der Waals surface area (Å²) in [4.78, 5) is 25.0. The Balaban J connectivity index is 1.46. The topological polar surface area (TPSA) is 115 Å². The van der Waals surface area contributed by atoms with Gasteiger partial charge in [-0.15, -0.1) is 0 Å². The summed E-state index contributed by atoms with van der Waals surface area (Å²) in [5.41, 5.74) is 1.02. The van der Waals surface area contributed by atoms with Crippen molar-refractivity contribution >= 4 is 23.2 Å². The van der Waals surface area contributed by atoms with Crippen molar-refractivity contribution in [2.24, 2.45) is 0 Å². The number of carbonyl (C=O) groups is 2. The number of phenols is 1. The quantitative estimate of drug-likeness (QED) is 0.613. The Morgan fingerprint density at radius 1 is 1.10 bits per heavy atom. The highest BCUT2D eigenvalue weighted by molar-refractivity contribution is 6.07. The Labute approximate surface area is 165 Å². The highest BCUT2D eigenvalue weighted by Crippen LogP contribution is 2.37. The number of hydrogen-bond donors (Lipinski definition) is 3. The molecule has 0 saturated heterocycles. The van der Waals surface area contributed by atoms with Gasteiger partial charge in [0.15, 0.2) is 11.5 Å². The van der Waals surface area contributed by atoms with Crippen LogP contribution in [0.2, 0.25) is 0 Å². The summed E-state index contributed by atoms with van der Waals surface area (Å²) < 4.78 is 12.0. The molecular weight excluding hydrogens is 376 g/mol. The second-order valence-corrected chi connectivity index (χ2v) is 6.41. The second-order valence-electron chi connectivity index (χ2n) is 6.41. The fourth-order valence-corrected chi connectivity index (χ4v) is 2.86. The first-order chi connectivity index (χ1) is 14.0. The molecule has 9 heteroatoms. The molecule has 0 fully saturated rings. The van der Waals surface area contributed by atoms with Gasteiger partial charge in [0.25, 0.3) is 5.91 Å². The van der Waals surface area contributed by atoms with Crippen molar-refractivity contribution in [1.82, 2.24) is 9.78 Å². The summed E-state index contributed by atoms with van der Waals surface area (Å²) >= 11 is 0. The van der Waals surface area contributed by atoms with Crippen molar-refractivity contribution in [3.63, 3.8) is 0 Å². The van der Waals surface area contributed by atoms with Crippen LogP contribution in [0.4, 0.5) is 11.4 Å². The Hall–Kier alpha value is -4.01. The zero-order chi connectivity index (χ0) is 20.4. The molecule has 4 rings (SSSR count). The van der Waals surface area contributed by atoms with Crippen molar-refractivity contribution in [3.8, 4) is 17.2 Å². The third-order valence-electron chi connectivity index (χ3n) is 4.42. The standard InChI is InChI=1S/C20H18N4O5/c1-12(24-7-3-6-21-24)19(26)22-13-4-2-5-14(8-13)23-20(27)15-9-17-18(10-16(15)25)29-11-28-17/h2-10,12,25H,11H2,1H3,(H,22,26)(H,23,27). The Kier molecular flexibility index (Phi) is 4.78. The van der Waals surface area contributed by atoms with Gasteiger partial charge < -0.3 is 25.2 Å². The molecule has 1 atom stereocenters. The third kappa shape index (κ3) is 3.84. The van der Waals surface area contributed by atoms with E-state index in [0.717, 1.165) is 0 Å². The molecule has 1 unspecified atom stereocenters. The number of nitrogens with zero attached hydrogens (tertiary/aromatic N) is 2. The largest absolute Gasteiger partial charge is 0.507 e. The van der Waals surface area contributed by atoms with E-state index in [1.807, 2.05) is 0 Å². The van der Waals surface area contributed by atoms with Crippen LogP contribution in [-0.4, -0.2) is 33.5 Å². The molecule has 3 N–H and O–H groups in total. The van der Waals surface area contributed by atoms with Gasteiger partial charge in [-0.2, -0.15) is 5.10 Å². The third-order valence-corrected chi connectivity index (χ3v) is 4.42. The second kappa shape index (κ2) is 7.55. The number of aromatic hydroxyl groups is 1. The molecule has 0 aliphatic carbocycles. The number of nitrogens with one attached hydrogen (secondary N) is 2. The van der Waals surface area contributed by atoms with Crippen LogP contribution in [0.3, 0.4) is 0 Å². The monoisotopic (exact) mass is 394 g/mol. The lowest BCUT2D eigenvalue weighted by Crippen LogP contribution is -2.24. The number of phenolic OH excluding ortho intramolecular Hbond substituents is 1. The van der Waals surface area contributed by atoms with Gasteiger partial charge in [-0.05, 0) is 31.2 Å². The molecule has 0 saturated carbocycles. The predicted octanol–water partition coefficient (Wildman–Crippen LogP) is 2.77. The zero-order valence-corrected chi connectivity index (χ0v) is 15.5. The Morgan fingerprint density at radius 3 is 2.55 bits per heavy atom. The zero-order valence-electron chi connectivity index (χ0n) is 15.5. The summed E-state index contributed by atoms with van der Waals surface area (Å²) in [6, 6.07) is 10.7. The van der Waals surface area contributed by atoms with Crippen molar-refractivity contribution in [3.05, 3.63) is 60.4 Å². The van der Waals surface area contributed by atoms with E-state index in [0.29, 0.717) is 22.9 Å². The average Bonchev–Trinajstić information content (AvgIpc) is 3.38. The number of rotatable bonds is 5. The minimum atomic E-state index is -0.519. The number of aromatic nitrogens is 2. The fraction of sp³-hybridized carbons (Fsp3) is 0.150. The molecule has 1 aromatic heterocycles. The summed E-state index contributed by atoms with van der Waals surface area (Å²) in [6.45, 7) is 1.77. The van der Waals surface area contributed by atoms with Gasteiger partial charge in [-0.25, -0.2) is 0 Å². The van der Waals surface area contributed by atoms with Gasteiger partial charge in [0.2, 0.25) is 12.7 Å². The number of benzene rings is 2. The van der Waals surface area contributed by atoms with E-state index in [1.165, 1.54) is 12.1 Å². The minimum absolute atomic E-state index is 0.0402. The van der Waals surface area contributed by atoms with Gasteiger partial charge in [-0.1, -0.05) is 6.07 Å². The van der Waals surface area contributed by atoms with Crippen molar-refractivity contribution < 1.29 is 24.2 Å². The van der Waals surface area contributed by atoms with Gasteiger partial charge in [0, 0.05) is 35.9 Å². The Morgan fingerprint density at radius 2 is 1.83 bits per heavy atom. The molecule has 29 heavy (non-hydrogen) atoms. The van der Waals surface area contributed by atoms with E-state index < -0.39 is 11.9 Å². The number of amides is 2. The van der Waals surface area contributed by atoms with E-state index in [1.54, 1.807) is 54.3 Å². The average molecular weight is 394 g/mol. The number of ether oxygens (including phenoxy) is 2. The van der Waals surface area contributed by atoms with E-state index in [-0.39, 0.29) is 24.0 Å². The molecular formula is C20H18N4O5. The highest BCUT2D eigenvalue weighted by atomic mass is 16.7. The molecule has 2 heterocycles. The van der Waals surface area contributed by atoms with Gasteiger partial charge in [0.05, 0.1) is 5.56 Å². The maximum absolute atomic E-state index is 12.6. The number of anilines is 2.